The summed E-state index contributed by atoms with van der Waals surface area (Å²) in [6, 6.07) is 0. The molecule has 0 aliphatic carbocycles. The van der Waals surface area contributed by atoms with Crippen LogP contribution in [0.4, 0.5) is 0 Å². The van der Waals surface area contributed by atoms with Gasteiger partial charge in [0.1, 0.15) is 0 Å². The third-order valence-electron chi connectivity index (χ3n) is 2.18. The molecular weight excluding hydrogens is 164 g/mol. The lowest BCUT2D eigenvalue weighted by Gasteiger charge is -2.38. The highest BCUT2D eigenvalue weighted by Gasteiger charge is 2.27. The first-order valence-corrected chi connectivity index (χ1v) is 5.02. The molecule has 0 radical (unpaired) electrons. The Bertz CT molecular complexity index is 121. The number of rotatable bonds is 7. The highest BCUT2D eigenvalue weighted by atomic mass is 15.5. The quantitative estimate of drug-likeness (QED) is 0.302. The van der Waals surface area contributed by atoms with Crippen molar-refractivity contribution in [2.75, 3.05) is 26.7 Å². The average molecular weight is 188 g/mol. The fourth-order valence-electron chi connectivity index (χ4n) is 1.48. The third kappa shape index (κ3) is 4.04. The van der Waals surface area contributed by atoms with Crippen molar-refractivity contribution in [2.45, 2.75) is 32.9 Å². The summed E-state index contributed by atoms with van der Waals surface area (Å²) in [6.45, 7) is 9.01. The van der Waals surface area contributed by atoms with Gasteiger partial charge in [0.2, 0.25) is 0 Å². The Morgan fingerprint density at radius 3 is 2.38 bits per heavy atom. The highest BCUT2D eigenvalue weighted by Crippen LogP contribution is 2.06. The molecule has 80 valence electrons. The summed E-state index contributed by atoms with van der Waals surface area (Å²) < 4.78 is 0. The molecule has 1 unspecified atom stereocenters. The Balaban J connectivity index is 4.18. The maximum Gasteiger partial charge on any atom is 0.0940 e. The largest absolute Gasteiger partial charge is 0.317 e. The first-order chi connectivity index (χ1) is 6.10. The van der Waals surface area contributed by atoms with Gasteiger partial charge in [0, 0.05) is 13.1 Å². The van der Waals surface area contributed by atoms with Gasteiger partial charge >= 0.3 is 0 Å². The first-order valence-electron chi connectivity index (χ1n) is 5.02. The van der Waals surface area contributed by atoms with Crippen molar-refractivity contribution in [2.24, 2.45) is 5.84 Å². The first kappa shape index (κ1) is 12.8. The van der Waals surface area contributed by atoms with Crippen LogP contribution in [0.25, 0.3) is 0 Å². The van der Waals surface area contributed by atoms with Crippen LogP contribution in [0.2, 0.25) is 0 Å². The molecule has 0 aliphatic heterocycles. The van der Waals surface area contributed by atoms with Crippen molar-refractivity contribution in [1.82, 2.24) is 15.6 Å². The van der Waals surface area contributed by atoms with E-state index in [-0.39, 0.29) is 5.66 Å². The summed E-state index contributed by atoms with van der Waals surface area (Å²) in [5.74, 6) is 5.97. The Hall–Kier alpha value is -0.160. The van der Waals surface area contributed by atoms with Crippen molar-refractivity contribution < 1.29 is 0 Å². The highest BCUT2D eigenvalue weighted by molar-refractivity contribution is 4.81. The summed E-state index contributed by atoms with van der Waals surface area (Å²) in [5, 5.41) is 8.40. The van der Waals surface area contributed by atoms with Crippen molar-refractivity contribution in [3.05, 3.63) is 0 Å². The maximum atomic E-state index is 5.97. The molecule has 0 bridgehead atoms. The monoisotopic (exact) mass is 188 g/mol. The van der Waals surface area contributed by atoms with Crippen LogP contribution in [-0.2, 0) is 0 Å². The van der Waals surface area contributed by atoms with E-state index in [2.05, 4.69) is 31.4 Å². The molecule has 4 heteroatoms. The van der Waals surface area contributed by atoms with E-state index in [1.165, 1.54) is 0 Å². The van der Waals surface area contributed by atoms with E-state index in [0.29, 0.717) is 0 Å². The molecule has 0 aliphatic rings. The fourth-order valence-corrected chi connectivity index (χ4v) is 1.48. The number of nitrogens with two attached hydrogens (primary N) is 1. The molecule has 1 atom stereocenters. The fraction of sp³-hybridized carbons (Fsp3) is 1.00. The van der Waals surface area contributed by atoms with E-state index in [9.17, 15) is 0 Å². The van der Waals surface area contributed by atoms with Crippen LogP contribution in [0.5, 0.6) is 0 Å². The minimum Gasteiger partial charge on any atom is -0.317 e. The molecule has 4 nitrogen and oxygen atoms in total. The summed E-state index contributed by atoms with van der Waals surface area (Å²) in [6.07, 6.45) is 1.07. The lowest BCUT2D eigenvalue weighted by Crippen LogP contribution is -2.64. The van der Waals surface area contributed by atoms with Crippen LogP contribution in [-0.4, -0.2) is 37.4 Å². The number of hydrogen-bond donors (Lipinski definition) is 3. The SMILES string of the molecule is CCCN(N)C(C)(CNC)NCC. The number of nitrogens with one attached hydrogen (secondary N) is 2. The zero-order chi connectivity index (χ0) is 10.3. The summed E-state index contributed by atoms with van der Waals surface area (Å²) >= 11 is 0. The lowest BCUT2D eigenvalue weighted by atomic mass is 10.1. The molecule has 0 heterocycles. The molecule has 0 fully saturated rings. The number of hydrogen-bond acceptors (Lipinski definition) is 4. The standard InChI is InChI=1S/C9H24N4/c1-5-7-13(10)9(3,8-11-4)12-6-2/h11-12H,5-8,10H2,1-4H3. The number of hydrazine groups is 1. The molecule has 0 saturated carbocycles. The molecule has 0 amide bonds. The van der Waals surface area contributed by atoms with E-state index in [1.807, 2.05) is 12.1 Å². The van der Waals surface area contributed by atoms with Crippen LogP contribution in [0.3, 0.4) is 0 Å². The number of nitrogens with zero attached hydrogens (tertiary/aromatic N) is 1. The molecule has 0 rings (SSSR count). The molecule has 0 aromatic carbocycles. The average Bonchev–Trinajstić information content (AvgIpc) is 2.05. The molecular formula is C9H24N4. The van der Waals surface area contributed by atoms with Crippen molar-refractivity contribution in [3.8, 4) is 0 Å². The summed E-state index contributed by atoms with van der Waals surface area (Å²) in [4.78, 5) is 0. The topological polar surface area (TPSA) is 53.3 Å². The Kier molecular flexibility index (Phi) is 6.24. The van der Waals surface area contributed by atoms with E-state index in [4.69, 9.17) is 5.84 Å². The maximum absolute atomic E-state index is 5.97. The second kappa shape index (κ2) is 6.32. The zero-order valence-corrected chi connectivity index (χ0v) is 9.35. The summed E-state index contributed by atoms with van der Waals surface area (Å²) in [7, 11) is 1.94. The second-order valence-electron chi connectivity index (χ2n) is 3.53. The molecule has 0 aromatic heterocycles. The van der Waals surface area contributed by atoms with Crippen molar-refractivity contribution >= 4 is 0 Å². The normalized spacial score (nSPS) is 16.2. The Morgan fingerprint density at radius 1 is 1.38 bits per heavy atom. The minimum absolute atomic E-state index is 0.139. The van der Waals surface area contributed by atoms with Gasteiger partial charge in [-0.3, -0.25) is 11.2 Å². The minimum atomic E-state index is -0.139. The van der Waals surface area contributed by atoms with Gasteiger partial charge in [0.25, 0.3) is 0 Å². The molecule has 4 N–H and O–H groups in total. The van der Waals surface area contributed by atoms with Crippen molar-refractivity contribution in [1.29, 1.82) is 0 Å². The predicted octanol–water partition coefficient (Wildman–Crippen LogP) is 0.117. The lowest BCUT2D eigenvalue weighted by molar-refractivity contribution is 0.0726. The van der Waals surface area contributed by atoms with Gasteiger partial charge in [-0.1, -0.05) is 13.8 Å². The number of likely N-dealkylation sites (N-methyl/N-ethyl adjacent to an activating group) is 2. The van der Waals surface area contributed by atoms with Gasteiger partial charge in [-0.2, -0.15) is 0 Å². The summed E-state index contributed by atoms with van der Waals surface area (Å²) in [5.41, 5.74) is -0.139. The van der Waals surface area contributed by atoms with Crippen LogP contribution >= 0.6 is 0 Å². The van der Waals surface area contributed by atoms with Gasteiger partial charge in [0.05, 0.1) is 5.66 Å². The zero-order valence-electron chi connectivity index (χ0n) is 9.35. The van der Waals surface area contributed by atoms with Crippen LogP contribution in [0.1, 0.15) is 27.2 Å². The van der Waals surface area contributed by atoms with Gasteiger partial charge in [-0.15, -0.1) is 0 Å². The third-order valence-corrected chi connectivity index (χ3v) is 2.18. The molecule has 0 spiro atoms. The Labute approximate surface area is 81.8 Å². The van der Waals surface area contributed by atoms with Gasteiger partial charge in [0.15, 0.2) is 0 Å². The molecule has 0 aromatic rings. The molecule has 13 heavy (non-hydrogen) atoms. The molecule has 0 saturated heterocycles. The smallest absolute Gasteiger partial charge is 0.0940 e. The van der Waals surface area contributed by atoms with Gasteiger partial charge < -0.3 is 5.32 Å². The van der Waals surface area contributed by atoms with E-state index < -0.39 is 0 Å². The van der Waals surface area contributed by atoms with E-state index >= 15 is 0 Å². The second-order valence-corrected chi connectivity index (χ2v) is 3.53. The van der Waals surface area contributed by atoms with Gasteiger partial charge in [-0.05, 0) is 26.9 Å². The van der Waals surface area contributed by atoms with E-state index in [1.54, 1.807) is 0 Å². The van der Waals surface area contributed by atoms with E-state index in [0.717, 1.165) is 26.1 Å². The van der Waals surface area contributed by atoms with Crippen molar-refractivity contribution in [3.63, 3.8) is 0 Å². The Morgan fingerprint density at radius 2 is 2.00 bits per heavy atom. The van der Waals surface area contributed by atoms with Crippen LogP contribution in [0, 0.1) is 0 Å². The van der Waals surface area contributed by atoms with Crippen LogP contribution in [0.15, 0.2) is 0 Å². The van der Waals surface area contributed by atoms with Gasteiger partial charge in [-0.25, -0.2) is 5.01 Å². The predicted molar refractivity (Wildman–Crippen MR) is 57.2 cm³/mol. The van der Waals surface area contributed by atoms with Crippen LogP contribution < -0.4 is 16.5 Å².